The van der Waals surface area contributed by atoms with Crippen LogP contribution in [0.25, 0.3) is 0 Å². The Morgan fingerprint density at radius 3 is 1.93 bits per heavy atom. The minimum absolute atomic E-state index is 0.706. The maximum absolute atomic E-state index is 5.85. The van der Waals surface area contributed by atoms with Gasteiger partial charge >= 0.3 is 0 Å². The Morgan fingerprint density at radius 2 is 1.31 bits per heavy atom. The smallest absolute Gasteiger partial charge is 0.160 e. The second-order valence-corrected chi connectivity index (χ2v) is 7.15. The monoisotopic (exact) mass is 400 g/mol. The number of benzene rings is 2. The van der Waals surface area contributed by atoms with Gasteiger partial charge in [-0.25, -0.2) is 0 Å². The first-order valence-electron chi connectivity index (χ1n) is 10.1. The van der Waals surface area contributed by atoms with Crippen LogP contribution in [0.2, 0.25) is 0 Å². The number of piperazine rings is 1. The summed E-state index contributed by atoms with van der Waals surface area (Å²) in [6.07, 6.45) is 1.01. The first kappa shape index (κ1) is 21.3. The Morgan fingerprint density at radius 1 is 0.690 bits per heavy atom. The fourth-order valence-corrected chi connectivity index (χ4v) is 3.52. The lowest BCUT2D eigenvalue weighted by Crippen LogP contribution is -2.47. The summed E-state index contributed by atoms with van der Waals surface area (Å²) in [5.74, 6) is 3.31. The number of methoxy groups -OCH3 is 3. The molecule has 0 amide bonds. The van der Waals surface area contributed by atoms with Gasteiger partial charge < -0.3 is 23.8 Å². The SMILES string of the molecule is COc1ccc(OCCN2CCN(CCc3ccc(OC)c(OC)c3)CC2)cc1. The van der Waals surface area contributed by atoms with Crippen LogP contribution in [0.3, 0.4) is 0 Å². The fraction of sp³-hybridized carbons (Fsp3) is 0.478. The third-order valence-electron chi connectivity index (χ3n) is 5.37. The first-order valence-corrected chi connectivity index (χ1v) is 10.1. The Balaban J connectivity index is 1.35. The van der Waals surface area contributed by atoms with E-state index < -0.39 is 0 Å². The summed E-state index contributed by atoms with van der Waals surface area (Å²) in [5, 5.41) is 0. The van der Waals surface area contributed by atoms with E-state index in [-0.39, 0.29) is 0 Å². The van der Waals surface area contributed by atoms with Crippen molar-refractivity contribution >= 4 is 0 Å². The summed E-state index contributed by atoms with van der Waals surface area (Å²) in [4.78, 5) is 4.99. The number of hydrogen-bond donors (Lipinski definition) is 0. The van der Waals surface area contributed by atoms with Gasteiger partial charge in [0.1, 0.15) is 18.1 Å². The number of rotatable bonds is 10. The van der Waals surface area contributed by atoms with Crippen LogP contribution < -0.4 is 18.9 Å². The summed E-state index contributed by atoms with van der Waals surface area (Å²) in [6.45, 7) is 7.07. The molecule has 0 spiro atoms. The van der Waals surface area contributed by atoms with Crippen LogP contribution in [0.15, 0.2) is 42.5 Å². The molecule has 3 rings (SSSR count). The summed E-state index contributed by atoms with van der Waals surface area (Å²) in [5.41, 5.74) is 1.28. The molecule has 0 N–H and O–H groups in total. The van der Waals surface area contributed by atoms with Crippen LogP contribution in [-0.2, 0) is 6.42 Å². The van der Waals surface area contributed by atoms with Gasteiger partial charge in [0.05, 0.1) is 21.3 Å². The van der Waals surface area contributed by atoms with Crippen LogP contribution in [-0.4, -0.2) is 77.0 Å². The first-order chi connectivity index (χ1) is 14.2. The number of hydrogen-bond acceptors (Lipinski definition) is 6. The van der Waals surface area contributed by atoms with Gasteiger partial charge in [-0.3, -0.25) is 4.90 Å². The molecule has 0 aromatic heterocycles. The van der Waals surface area contributed by atoms with E-state index in [2.05, 4.69) is 21.9 Å². The molecule has 0 saturated carbocycles. The lowest BCUT2D eigenvalue weighted by atomic mass is 10.1. The summed E-state index contributed by atoms with van der Waals surface area (Å²) in [7, 11) is 5.02. The molecule has 6 heteroatoms. The van der Waals surface area contributed by atoms with Crippen molar-refractivity contribution in [2.24, 2.45) is 0 Å². The van der Waals surface area contributed by atoms with E-state index in [1.54, 1.807) is 21.3 Å². The van der Waals surface area contributed by atoms with Crippen molar-refractivity contribution in [2.75, 3.05) is 67.2 Å². The predicted molar refractivity (Wildman–Crippen MR) is 115 cm³/mol. The highest BCUT2D eigenvalue weighted by Crippen LogP contribution is 2.27. The molecule has 1 fully saturated rings. The Labute approximate surface area is 173 Å². The van der Waals surface area contributed by atoms with Crippen molar-refractivity contribution in [3.05, 3.63) is 48.0 Å². The van der Waals surface area contributed by atoms with E-state index in [1.807, 2.05) is 30.3 Å². The molecule has 0 unspecified atom stereocenters. The Hall–Kier alpha value is -2.44. The van der Waals surface area contributed by atoms with Crippen molar-refractivity contribution in [2.45, 2.75) is 6.42 Å². The summed E-state index contributed by atoms with van der Waals surface area (Å²) < 4.78 is 21.7. The average Bonchev–Trinajstić information content (AvgIpc) is 2.78. The molecule has 1 aliphatic rings. The molecular formula is C23H32N2O4. The van der Waals surface area contributed by atoms with Gasteiger partial charge in [0.2, 0.25) is 0 Å². The molecule has 1 aliphatic heterocycles. The van der Waals surface area contributed by atoms with Gasteiger partial charge in [0.15, 0.2) is 11.5 Å². The molecule has 158 valence electrons. The zero-order valence-electron chi connectivity index (χ0n) is 17.7. The van der Waals surface area contributed by atoms with E-state index >= 15 is 0 Å². The van der Waals surface area contributed by atoms with Crippen LogP contribution in [0, 0.1) is 0 Å². The molecule has 6 nitrogen and oxygen atoms in total. The highest BCUT2D eigenvalue weighted by Gasteiger charge is 2.16. The van der Waals surface area contributed by atoms with E-state index in [4.69, 9.17) is 18.9 Å². The maximum atomic E-state index is 5.85. The zero-order chi connectivity index (χ0) is 20.5. The van der Waals surface area contributed by atoms with Crippen molar-refractivity contribution < 1.29 is 18.9 Å². The molecule has 1 heterocycles. The molecular weight excluding hydrogens is 368 g/mol. The lowest BCUT2D eigenvalue weighted by Gasteiger charge is -2.34. The Kier molecular flexibility index (Phi) is 8.02. The fourth-order valence-electron chi connectivity index (χ4n) is 3.52. The van der Waals surface area contributed by atoms with E-state index in [9.17, 15) is 0 Å². The van der Waals surface area contributed by atoms with Crippen molar-refractivity contribution in [3.8, 4) is 23.0 Å². The van der Waals surface area contributed by atoms with Crippen molar-refractivity contribution in [1.29, 1.82) is 0 Å². The van der Waals surface area contributed by atoms with Crippen LogP contribution in [0.5, 0.6) is 23.0 Å². The van der Waals surface area contributed by atoms with Crippen LogP contribution >= 0.6 is 0 Å². The van der Waals surface area contributed by atoms with Gasteiger partial charge in [-0.2, -0.15) is 0 Å². The van der Waals surface area contributed by atoms with Crippen LogP contribution in [0.4, 0.5) is 0 Å². The van der Waals surface area contributed by atoms with E-state index in [0.717, 1.165) is 68.7 Å². The minimum atomic E-state index is 0.706. The highest BCUT2D eigenvalue weighted by molar-refractivity contribution is 5.43. The van der Waals surface area contributed by atoms with Crippen LogP contribution in [0.1, 0.15) is 5.56 Å². The van der Waals surface area contributed by atoms with Gasteiger partial charge in [-0.1, -0.05) is 6.07 Å². The standard InChI is InChI=1S/C23H32N2O4/c1-26-20-5-7-21(8-6-20)29-17-16-25-14-12-24(13-15-25)11-10-19-4-9-22(27-2)23(18-19)28-3/h4-9,18H,10-17H2,1-3H3. The second kappa shape index (κ2) is 10.9. The average molecular weight is 401 g/mol. The molecule has 29 heavy (non-hydrogen) atoms. The third-order valence-corrected chi connectivity index (χ3v) is 5.37. The molecule has 0 aliphatic carbocycles. The quantitative estimate of drug-likeness (QED) is 0.611. The van der Waals surface area contributed by atoms with Gasteiger partial charge in [0, 0.05) is 39.3 Å². The lowest BCUT2D eigenvalue weighted by molar-refractivity contribution is 0.118. The van der Waals surface area contributed by atoms with Crippen molar-refractivity contribution in [3.63, 3.8) is 0 Å². The molecule has 0 atom stereocenters. The highest BCUT2D eigenvalue weighted by atomic mass is 16.5. The molecule has 2 aromatic carbocycles. The van der Waals surface area contributed by atoms with Gasteiger partial charge in [-0.15, -0.1) is 0 Å². The molecule has 0 bridgehead atoms. The Bertz CT molecular complexity index is 743. The third kappa shape index (κ3) is 6.27. The van der Waals surface area contributed by atoms with Gasteiger partial charge in [-0.05, 0) is 48.4 Å². The minimum Gasteiger partial charge on any atom is -0.497 e. The summed E-state index contributed by atoms with van der Waals surface area (Å²) >= 11 is 0. The normalized spacial score (nSPS) is 15.1. The molecule has 0 radical (unpaired) electrons. The largest absolute Gasteiger partial charge is 0.497 e. The summed E-state index contributed by atoms with van der Waals surface area (Å²) in [6, 6.07) is 13.9. The van der Waals surface area contributed by atoms with E-state index in [0.29, 0.717) is 6.61 Å². The molecule has 2 aromatic rings. The number of ether oxygens (including phenoxy) is 4. The van der Waals surface area contributed by atoms with Gasteiger partial charge in [0.25, 0.3) is 0 Å². The number of nitrogens with zero attached hydrogens (tertiary/aromatic N) is 2. The van der Waals surface area contributed by atoms with E-state index in [1.165, 1.54) is 5.56 Å². The predicted octanol–water partition coefficient (Wildman–Crippen LogP) is 2.95. The van der Waals surface area contributed by atoms with Crippen molar-refractivity contribution in [1.82, 2.24) is 9.80 Å². The topological polar surface area (TPSA) is 43.4 Å². The molecule has 1 saturated heterocycles. The zero-order valence-corrected chi connectivity index (χ0v) is 17.7. The maximum Gasteiger partial charge on any atom is 0.160 e. The second-order valence-electron chi connectivity index (χ2n) is 7.15.